The zero-order chi connectivity index (χ0) is 20.6. The lowest BCUT2D eigenvalue weighted by atomic mass is 10.1. The third-order valence-corrected chi connectivity index (χ3v) is 3.91. The van der Waals surface area contributed by atoms with Gasteiger partial charge in [0.25, 0.3) is 5.91 Å². The fraction of sp³-hybridized carbons (Fsp3) is 0.150. The number of rotatable bonds is 8. The van der Waals surface area contributed by atoms with Crippen molar-refractivity contribution >= 4 is 17.8 Å². The molecule has 0 aliphatic rings. The number of hydrogen-bond donors (Lipinski definition) is 1. The van der Waals surface area contributed by atoms with Crippen molar-refractivity contribution in [2.24, 2.45) is 5.10 Å². The predicted molar refractivity (Wildman–Crippen MR) is 107 cm³/mol. The van der Waals surface area contributed by atoms with Gasteiger partial charge in [-0.05, 0) is 42.3 Å². The molecule has 29 heavy (non-hydrogen) atoms. The quantitative estimate of drug-likeness (QED) is 0.359. The molecule has 9 nitrogen and oxygen atoms in total. The van der Waals surface area contributed by atoms with Crippen LogP contribution in [-0.2, 0) is 17.9 Å². The van der Waals surface area contributed by atoms with Crippen LogP contribution in [0.3, 0.4) is 0 Å². The molecule has 9 heteroatoms. The molecule has 0 unspecified atom stereocenters. The number of nitro groups is 1. The Hall–Kier alpha value is -4.01. The van der Waals surface area contributed by atoms with Crippen LogP contribution in [0.25, 0.3) is 0 Å². The summed E-state index contributed by atoms with van der Waals surface area (Å²) in [5, 5.41) is 18.2. The Morgan fingerprint density at radius 1 is 1.31 bits per heavy atom. The summed E-state index contributed by atoms with van der Waals surface area (Å²) in [6.45, 7) is 2.35. The van der Waals surface area contributed by atoms with Gasteiger partial charge in [-0.2, -0.15) is 10.2 Å². The summed E-state index contributed by atoms with van der Waals surface area (Å²) in [6.07, 6.45) is 3.76. The number of carbonyl (C=O) groups excluding carboxylic acids is 1. The van der Waals surface area contributed by atoms with Crippen LogP contribution in [0, 0.1) is 17.0 Å². The molecule has 0 aliphatic carbocycles. The van der Waals surface area contributed by atoms with Gasteiger partial charge in [-0.25, -0.2) is 5.43 Å². The topological polar surface area (TPSA) is 112 Å². The number of ether oxygens (including phenoxy) is 1. The van der Waals surface area contributed by atoms with Crippen LogP contribution in [0.2, 0.25) is 0 Å². The van der Waals surface area contributed by atoms with E-state index >= 15 is 0 Å². The minimum absolute atomic E-state index is 0.170. The molecule has 3 rings (SSSR count). The van der Waals surface area contributed by atoms with Crippen LogP contribution in [0.1, 0.15) is 16.7 Å². The fourth-order valence-corrected chi connectivity index (χ4v) is 2.51. The van der Waals surface area contributed by atoms with E-state index in [1.165, 1.54) is 22.7 Å². The number of hydrogen-bond acceptors (Lipinski definition) is 6. The minimum Gasteiger partial charge on any atom is -0.489 e. The van der Waals surface area contributed by atoms with Crippen molar-refractivity contribution in [2.75, 3.05) is 0 Å². The van der Waals surface area contributed by atoms with E-state index < -0.39 is 10.8 Å². The second kappa shape index (κ2) is 9.27. The average Bonchev–Trinajstić information content (AvgIpc) is 3.16. The molecule has 0 saturated carbocycles. The zero-order valence-electron chi connectivity index (χ0n) is 15.7. The standard InChI is InChI=1S/C20H19N5O4/c1-15-3-2-4-17(9-15)14-29-19-7-5-16(6-8-19)10-21-23-20(26)13-24-12-18(11-22-24)25(27)28/h2-12H,13-14H2,1H3,(H,23,26)/b21-10+. The van der Waals surface area contributed by atoms with E-state index in [1.54, 1.807) is 0 Å². The molecule has 0 fully saturated rings. The normalized spacial score (nSPS) is 10.8. The van der Waals surface area contributed by atoms with Crippen molar-refractivity contribution in [3.8, 4) is 5.75 Å². The first kappa shape index (κ1) is 19.7. The number of benzene rings is 2. The van der Waals surface area contributed by atoms with Gasteiger partial charge in [-0.1, -0.05) is 29.8 Å². The molecule has 0 spiro atoms. The van der Waals surface area contributed by atoms with Gasteiger partial charge in [0, 0.05) is 0 Å². The highest BCUT2D eigenvalue weighted by atomic mass is 16.6. The minimum atomic E-state index is -0.576. The van der Waals surface area contributed by atoms with Gasteiger partial charge in [0.2, 0.25) is 0 Å². The summed E-state index contributed by atoms with van der Waals surface area (Å²) >= 11 is 0. The second-order valence-electron chi connectivity index (χ2n) is 6.29. The van der Waals surface area contributed by atoms with E-state index in [-0.39, 0.29) is 12.2 Å². The van der Waals surface area contributed by atoms with Crippen LogP contribution >= 0.6 is 0 Å². The molecule has 1 amide bonds. The lowest BCUT2D eigenvalue weighted by Gasteiger charge is -2.07. The van der Waals surface area contributed by atoms with E-state index in [0.29, 0.717) is 6.61 Å². The summed E-state index contributed by atoms with van der Waals surface area (Å²) in [4.78, 5) is 21.8. The molecule has 0 bridgehead atoms. The van der Waals surface area contributed by atoms with Crippen LogP contribution < -0.4 is 10.2 Å². The average molecular weight is 393 g/mol. The molecule has 1 heterocycles. The number of carbonyl (C=O) groups is 1. The molecule has 3 aromatic rings. The predicted octanol–water partition coefficient (Wildman–Crippen LogP) is 2.83. The van der Waals surface area contributed by atoms with Crippen molar-refractivity contribution in [2.45, 2.75) is 20.1 Å². The fourth-order valence-electron chi connectivity index (χ4n) is 2.51. The third kappa shape index (κ3) is 5.99. The molecule has 1 N–H and O–H groups in total. The highest BCUT2D eigenvalue weighted by molar-refractivity contribution is 5.82. The lowest BCUT2D eigenvalue weighted by molar-refractivity contribution is -0.385. The zero-order valence-corrected chi connectivity index (χ0v) is 15.7. The van der Waals surface area contributed by atoms with E-state index in [9.17, 15) is 14.9 Å². The number of nitrogens with zero attached hydrogens (tertiary/aromatic N) is 4. The maximum Gasteiger partial charge on any atom is 0.307 e. The molecule has 1 aromatic heterocycles. The van der Waals surface area contributed by atoms with E-state index in [1.807, 2.05) is 49.4 Å². The first-order valence-corrected chi connectivity index (χ1v) is 8.77. The third-order valence-electron chi connectivity index (χ3n) is 3.91. The van der Waals surface area contributed by atoms with Crippen LogP contribution in [0.4, 0.5) is 5.69 Å². The Morgan fingerprint density at radius 3 is 2.79 bits per heavy atom. The maximum absolute atomic E-state index is 11.8. The largest absolute Gasteiger partial charge is 0.489 e. The Labute approximate surface area is 166 Å². The van der Waals surface area contributed by atoms with Gasteiger partial charge in [-0.15, -0.1) is 0 Å². The van der Waals surface area contributed by atoms with Gasteiger partial charge in [-0.3, -0.25) is 19.6 Å². The Bertz CT molecular complexity index is 1030. The number of nitrogens with one attached hydrogen (secondary N) is 1. The van der Waals surface area contributed by atoms with Crippen LogP contribution in [-0.4, -0.2) is 26.8 Å². The molecule has 2 aromatic carbocycles. The highest BCUT2D eigenvalue weighted by Gasteiger charge is 2.10. The van der Waals surface area contributed by atoms with Gasteiger partial charge in [0.1, 0.15) is 31.3 Å². The van der Waals surface area contributed by atoms with Crippen molar-refractivity contribution in [1.29, 1.82) is 0 Å². The first-order valence-electron chi connectivity index (χ1n) is 8.77. The Kier molecular flexibility index (Phi) is 6.31. The van der Waals surface area contributed by atoms with E-state index in [2.05, 4.69) is 21.7 Å². The Morgan fingerprint density at radius 2 is 2.10 bits per heavy atom. The second-order valence-corrected chi connectivity index (χ2v) is 6.29. The van der Waals surface area contributed by atoms with Crippen LogP contribution in [0.15, 0.2) is 66.0 Å². The van der Waals surface area contributed by atoms with E-state index in [0.717, 1.165) is 23.1 Å². The number of amides is 1. The van der Waals surface area contributed by atoms with Gasteiger partial charge in [0.05, 0.1) is 11.1 Å². The van der Waals surface area contributed by atoms with E-state index in [4.69, 9.17) is 4.74 Å². The van der Waals surface area contributed by atoms with Crippen molar-refractivity contribution in [3.63, 3.8) is 0 Å². The number of hydrazone groups is 1. The highest BCUT2D eigenvalue weighted by Crippen LogP contribution is 2.14. The maximum atomic E-state index is 11.8. The molecular formula is C20H19N5O4. The summed E-state index contributed by atoms with van der Waals surface area (Å²) in [7, 11) is 0. The number of aromatic nitrogens is 2. The first-order chi connectivity index (χ1) is 14.0. The van der Waals surface area contributed by atoms with Gasteiger partial charge in [0.15, 0.2) is 0 Å². The molecular weight excluding hydrogens is 374 g/mol. The Balaban J connectivity index is 1.46. The molecule has 148 valence electrons. The van der Waals surface area contributed by atoms with Crippen LogP contribution in [0.5, 0.6) is 5.75 Å². The monoisotopic (exact) mass is 393 g/mol. The van der Waals surface area contributed by atoms with Gasteiger partial charge < -0.3 is 4.74 Å². The summed E-state index contributed by atoms with van der Waals surface area (Å²) in [6, 6.07) is 15.4. The molecule has 0 aliphatic heterocycles. The summed E-state index contributed by atoms with van der Waals surface area (Å²) in [5.74, 6) is 0.283. The molecule has 0 radical (unpaired) electrons. The molecule has 0 atom stereocenters. The smallest absolute Gasteiger partial charge is 0.307 e. The summed E-state index contributed by atoms with van der Waals surface area (Å²) in [5.41, 5.74) is 5.24. The molecule has 0 saturated heterocycles. The SMILES string of the molecule is Cc1cccc(COc2ccc(/C=N/NC(=O)Cn3cc([N+](=O)[O-])cn3)cc2)c1. The lowest BCUT2D eigenvalue weighted by Crippen LogP contribution is -2.23. The van der Waals surface area contributed by atoms with Crippen molar-refractivity contribution < 1.29 is 14.5 Å². The van der Waals surface area contributed by atoms with Crippen molar-refractivity contribution in [3.05, 3.63) is 87.7 Å². The number of aryl methyl sites for hydroxylation is 1. The summed E-state index contributed by atoms with van der Waals surface area (Å²) < 4.78 is 6.93. The van der Waals surface area contributed by atoms with Gasteiger partial charge >= 0.3 is 5.69 Å². The van der Waals surface area contributed by atoms with Crippen molar-refractivity contribution in [1.82, 2.24) is 15.2 Å².